The van der Waals surface area contributed by atoms with Crippen LogP contribution in [-0.2, 0) is 11.3 Å². The standard InChI is InChI=1S/C22H30N6O4/c1-14(2)13-27-20-15(4-7-17(29)26-10-8-25(3)9-11-26)12-23-28(20)22(32)18(21(27)31)19(30)24-16-5-6-16/h4,7,12,14,16,32H,5-6,8-11,13H2,1-3H3,(H,24,30)/b7-4+. The molecule has 172 valence electrons. The Morgan fingerprint density at radius 1 is 1.25 bits per heavy atom. The highest BCUT2D eigenvalue weighted by Crippen LogP contribution is 2.23. The van der Waals surface area contributed by atoms with Gasteiger partial charge in [0.15, 0.2) is 5.56 Å². The predicted octanol–water partition coefficient (Wildman–Crippen LogP) is 0.537. The number of aromatic nitrogens is 3. The van der Waals surface area contributed by atoms with Crippen LogP contribution < -0.4 is 10.9 Å². The first kappa shape index (κ1) is 22.1. The number of hydrogen-bond donors (Lipinski definition) is 2. The number of nitrogens with one attached hydrogen (secondary N) is 1. The van der Waals surface area contributed by atoms with E-state index in [4.69, 9.17) is 0 Å². The molecule has 2 aromatic heterocycles. The zero-order valence-corrected chi connectivity index (χ0v) is 18.7. The fourth-order valence-corrected chi connectivity index (χ4v) is 3.84. The van der Waals surface area contributed by atoms with Crippen LogP contribution in [0.4, 0.5) is 0 Å². The molecule has 3 heterocycles. The Hall–Kier alpha value is -3.14. The summed E-state index contributed by atoms with van der Waals surface area (Å²) in [5, 5.41) is 17.7. The maximum Gasteiger partial charge on any atom is 0.270 e. The first-order valence-corrected chi connectivity index (χ1v) is 11.1. The fourth-order valence-electron chi connectivity index (χ4n) is 3.84. The van der Waals surface area contributed by atoms with Crippen molar-refractivity contribution < 1.29 is 14.7 Å². The molecule has 1 saturated heterocycles. The highest BCUT2D eigenvalue weighted by Gasteiger charge is 2.30. The lowest BCUT2D eigenvalue weighted by Gasteiger charge is -2.31. The van der Waals surface area contributed by atoms with Crippen molar-refractivity contribution in [3.63, 3.8) is 0 Å². The largest absolute Gasteiger partial charge is 0.492 e. The predicted molar refractivity (Wildman–Crippen MR) is 120 cm³/mol. The molecule has 1 saturated carbocycles. The topological polar surface area (TPSA) is 112 Å². The molecule has 1 aliphatic carbocycles. The van der Waals surface area contributed by atoms with E-state index in [-0.39, 0.29) is 23.4 Å². The molecule has 4 rings (SSSR count). The van der Waals surface area contributed by atoms with Crippen LogP contribution in [0.2, 0.25) is 0 Å². The number of carbonyl (C=O) groups excluding carboxylic acids is 2. The molecule has 2 aliphatic rings. The average Bonchev–Trinajstić information content (AvgIpc) is 3.45. The summed E-state index contributed by atoms with van der Waals surface area (Å²) in [6, 6.07) is 0.0484. The molecular formula is C22H30N6O4. The molecule has 10 heteroatoms. The van der Waals surface area contributed by atoms with E-state index in [2.05, 4.69) is 15.3 Å². The van der Waals surface area contributed by atoms with Crippen molar-refractivity contribution in [2.75, 3.05) is 33.2 Å². The van der Waals surface area contributed by atoms with Crippen LogP contribution in [0, 0.1) is 5.92 Å². The maximum absolute atomic E-state index is 13.2. The van der Waals surface area contributed by atoms with E-state index in [0.717, 1.165) is 25.9 Å². The summed E-state index contributed by atoms with van der Waals surface area (Å²) < 4.78 is 2.66. The van der Waals surface area contributed by atoms with Crippen LogP contribution in [0.1, 0.15) is 42.6 Å². The zero-order chi connectivity index (χ0) is 23.0. The molecule has 1 aliphatic heterocycles. The smallest absolute Gasteiger partial charge is 0.270 e. The number of nitrogens with zero attached hydrogens (tertiary/aromatic N) is 5. The van der Waals surface area contributed by atoms with Crippen molar-refractivity contribution in [3.05, 3.63) is 33.8 Å². The van der Waals surface area contributed by atoms with E-state index >= 15 is 0 Å². The summed E-state index contributed by atoms with van der Waals surface area (Å²) in [7, 11) is 2.02. The summed E-state index contributed by atoms with van der Waals surface area (Å²) in [5.74, 6) is -1.08. The fraction of sp³-hybridized carbons (Fsp3) is 0.545. The molecule has 0 spiro atoms. The highest BCUT2D eigenvalue weighted by molar-refractivity contribution is 5.97. The first-order valence-electron chi connectivity index (χ1n) is 11.1. The van der Waals surface area contributed by atoms with E-state index < -0.39 is 17.3 Å². The van der Waals surface area contributed by atoms with Gasteiger partial charge in [0.2, 0.25) is 11.8 Å². The van der Waals surface area contributed by atoms with Crippen LogP contribution in [0.15, 0.2) is 17.1 Å². The molecule has 0 aromatic carbocycles. The van der Waals surface area contributed by atoms with Crippen LogP contribution in [0.25, 0.3) is 11.7 Å². The summed E-state index contributed by atoms with van der Waals surface area (Å²) >= 11 is 0. The normalized spacial score (nSPS) is 17.6. The third-order valence-electron chi connectivity index (χ3n) is 5.82. The van der Waals surface area contributed by atoms with Gasteiger partial charge in [0.05, 0.1) is 6.20 Å². The van der Waals surface area contributed by atoms with Crippen LogP contribution in [0.5, 0.6) is 5.88 Å². The third-order valence-corrected chi connectivity index (χ3v) is 5.82. The van der Waals surface area contributed by atoms with Crippen LogP contribution in [0.3, 0.4) is 0 Å². The Morgan fingerprint density at radius 2 is 1.94 bits per heavy atom. The summed E-state index contributed by atoms with van der Waals surface area (Å²) in [4.78, 5) is 42.4. The SMILES string of the molecule is CC(C)Cn1c(=O)c(C(=O)NC2CC2)c(O)n2ncc(/C=C/C(=O)N3CCN(C)CC3)c12. The molecule has 2 amide bonds. The second kappa shape index (κ2) is 8.78. The molecule has 0 bridgehead atoms. The number of likely N-dealkylation sites (N-methyl/N-ethyl adjacent to an activating group) is 1. The minimum atomic E-state index is -0.591. The summed E-state index contributed by atoms with van der Waals surface area (Å²) in [5.41, 5.74) is 0.000801. The highest BCUT2D eigenvalue weighted by atomic mass is 16.3. The minimum Gasteiger partial charge on any atom is -0.492 e. The molecule has 0 atom stereocenters. The van der Waals surface area contributed by atoms with Crippen molar-refractivity contribution in [2.45, 2.75) is 39.3 Å². The van der Waals surface area contributed by atoms with Crippen molar-refractivity contribution >= 4 is 23.5 Å². The number of amides is 2. The van der Waals surface area contributed by atoms with E-state index in [1.165, 1.54) is 21.4 Å². The van der Waals surface area contributed by atoms with Gasteiger partial charge >= 0.3 is 0 Å². The van der Waals surface area contributed by atoms with Crippen molar-refractivity contribution in [1.82, 2.24) is 29.3 Å². The Morgan fingerprint density at radius 3 is 2.56 bits per heavy atom. The number of carbonyl (C=O) groups is 2. The number of hydrogen-bond acceptors (Lipinski definition) is 6. The van der Waals surface area contributed by atoms with Crippen molar-refractivity contribution in [3.8, 4) is 5.88 Å². The lowest BCUT2D eigenvalue weighted by molar-refractivity contribution is -0.127. The van der Waals surface area contributed by atoms with Gasteiger partial charge in [-0.15, -0.1) is 0 Å². The van der Waals surface area contributed by atoms with E-state index in [1.807, 2.05) is 20.9 Å². The molecule has 0 unspecified atom stereocenters. The van der Waals surface area contributed by atoms with E-state index in [1.54, 1.807) is 11.0 Å². The van der Waals surface area contributed by atoms with Gasteiger partial charge in [-0.25, -0.2) is 0 Å². The summed E-state index contributed by atoms with van der Waals surface area (Å²) in [6.45, 7) is 7.23. The molecule has 10 nitrogen and oxygen atoms in total. The van der Waals surface area contributed by atoms with Gasteiger partial charge in [-0.05, 0) is 31.9 Å². The second-order valence-electron chi connectivity index (χ2n) is 9.05. The number of piperazine rings is 1. The lowest BCUT2D eigenvalue weighted by atomic mass is 10.2. The Bertz CT molecular complexity index is 1120. The quantitative estimate of drug-likeness (QED) is 0.632. The molecule has 2 fully saturated rings. The van der Waals surface area contributed by atoms with Crippen molar-refractivity contribution in [1.29, 1.82) is 0 Å². The molecular weight excluding hydrogens is 412 g/mol. The second-order valence-corrected chi connectivity index (χ2v) is 9.05. The van der Waals surface area contributed by atoms with Gasteiger partial charge in [0.25, 0.3) is 11.5 Å². The van der Waals surface area contributed by atoms with Crippen LogP contribution >= 0.6 is 0 Å². The van der Waals surface area contributed by atoms with Crippen LogP contribution in [-0.4, -0.2) is 80.2 Å². The zero-order valence-electron chi connectivity index (χ0n) is 18.7. The van der Waals surface area contributed by atoms with E-state index in [0.29, 0.717) is 30.8 Å². The molecule has 32 heavy (non-hydrogen) atoms. The number of rotatable bonds is 6. The molecule has 2 aromatic rings. The third kappa shape index (κ3) is 4.40. The number of aromatic hydroxyl groups is 1. The lowest BCUT2D eigenvalue weighted by Crippen LogP contribution is -2.46. The monoisotopic (exact) mass is 442 g/mol. The minimum absolute atomic E-state index is 0.0484. The van der Waals surface area contributed by atoms with E-state index in [9.17, 15) is 19.5 Å². The number of fused-ring (bicyclic) bond motifs is 1. The Labute approximate surface area is 186 Å². The molecule has 2 N–H and O–H groups in total. The van der Waals surface area contributed by atoms with Crippen molar-refractivity contribution in [2.24, 2.45) is 5.92 Å². The van der Waals surface area contributed by atoms with Gasteiger partial charge in [0.1, 0.15) is 5.65 Å². The van der Waals surface area contributed by atoms with Gasteiger partial charge in [-0.3, -0.25) is 19.0 Å². The maximum atomic E-state index is 13.2. The van der Waals surface area contributed by atoms with Gasteiger partial charge in [-0.2, -0.15) is 9.61 Å². The van der Waals surface area contributed by atoms with Gasteiger partial charge < -0.3 is 20.2 Å². The Kier molecular flexibility index (Phi) is 6.05. The average molecular weight is 443 g/mol. The van der Waals surface area contributed by atoms with Gasteiger partial charge in [-0.1, -0.05) is 13.8 Å². The first-order chi connectivity index (χ1) is 15.3. The van der Waals surface area contributed by atoms with Gasteiger partial charge in [0, 0.05) is 50.4 Å². The Balaban J connectivity index is 1.72. The molecule has 0 radical (unpaired) electrons. The summed E-state index contributed by atoms with van der Waals surface area (Å²) in [6.07, 6.45) is 6.31.